The van der Waals surface area contributed by atoms with E-state index in [1.165, 1.54) is 24.1 Å². The van der Waals surface area contributed by atoms with E-state index in [4.69, 9.17) is 24.2 Å². The van der Waals surface area contributed by atoms with E-state index in [1.807, 2.05) is 39.0 Å². The molecule has 0 N–H and O–H groups in total. The Morgan fingerprint density at radius 3 is 2.47 bits per heavy atom. The lowest BCUT2D eigenvalue weighted by molar-refractivity contribution is -0.106. The summed E-state index contributed by atoms with van der Waals surface area (Å²) in [6.45, 7) is 15.1. The zero-order valence-corrected chi connectivity index (χ0v) is 26.8. The van der Waals surface area contributed by atoms with E-state index in [0.717, 1.165) is 61.4 Å². The summed E-state index contributed by atoms with van der Waals surface area (Å²) in [4.78, 5) is 21.1. The van der Waals surface area contributed by atoms with Crippen LogP contribution in [0.15, 0.2) is 54.6 Å². The van der Waals surface area contributed by atoms with Crippen molar-refractivity contribution in [2.24, 2.45) is 0 Å². The van der Waals surface area contributed by atoms with Crippen LogP contribution < -0.4 is 4.74 Å². The second kappa shape index (κ2) is 16.9. The molecule has 4 aromatic rings. The van der Waals surface area contributed by atoms with E-state index in [2.05, 4.69) is 47.6 Å². The van der Waals surface area contributed by atoms with Crippen molar-refractivity contribution in [1.29, 1.82) is 0 Å². The first-order valence-electron chi connectivity index (χ1n) is 15.3. The average molecular weight is 591 g/mol. The Hall–Kier alpha value is -3.62. The molecule has 0 radical (unpaired) electrons. The molecule has 1 aliphatic rings. The predicted molar refractivity (Wildman–Crippen MR) is 171 cm³/mol. The lowest BCUT2D eigenvalue weighted by Gasteiger charge is -2.37. The number of aromatic nitrogens is 3. The fraction of sp³-hybridized carbons (Fsp3) is 0.457. The maximum absolute atomic E-state index is 14.2. The second-order valence-corrected chi connectivity index (χ2v) is 10.7. The highest BCUT2D eigenvalue weighted by atomic mass is 19.1. The molecule has 1 fully saturated rings. The largest absolute Gasteiger partial charge is 0.473 e. The molecule has 0 bridgehead atoms. The number of nitrogens with zero attached hydrogens (tertiary/aromatic N) is 4. The van der Waals surface area contributed by atoms with Crippen molar-refractivity contribution in [3.8, 4) is 5.88 Å². The van der Waals surface area contributed by atoms with Gasteiger partial charge in [0.2, 0.25) is 5.88 Å². The van der Waals surface area contributed by atoms with Gasteiger partial charge in [-0.05, 0) is 82.5 Å². The minimum Gasteiger partial charge on any atom is -0.473 e. The van der Waals surface area contributed by atoms with Gasteiger partial charge < -0.3 is 18.8 Å². The molecule has 0 saturated carbocycles. The molecule has 43 heavy (non-hydrogen) atoms. The second-order valence-electron chi connectivity index (χ2n) is 10.7. The molecule has 8 heteroatoms. The Morgan fingerprint density at radius 1 is 1.05 bits per heavy atom. The highest BCUT2D eigenvalue weighted by Gasteiger charge is 2.28. The number of benzene rings is 2. The number of hydrogen-bond donors (Lipinski definition) is 0. The van der Waals surface area contributed by atoms with E-state index in [-0.39, 0.29) is 12.4 Å². The van der Waals surface area contributed by atoms with Gasteiger partial charge in [-0.3, -0.25) is 4.90 Å². The van der Waals surface area contributed by atoms with Crippen LogP contribution in [0.5, 0.6) is 5.88 Å². The van der Waals surface area contributed by atoms with Gasteiger partial charge in [0.05, 0.1) is 24.2 Å². The quantitative estimate of drug-likeness (QED) is 0.189. The Bertz CT molecular complexity index is 1450. The molecule has 3 heterocycles. The van der Waals surface area contributed by atoms with Crippen LogP contribution in [0.1, 0.15) is 74.7 Å². The van der Waals surface area contributed by atoms with Crippen LogP contribution in [0, 0.1) is 19.7 Å². The first-order valence-corrected chi connectivity index (χ1v) is 15.3. The van der Waals surface area contributed by atoms with Gasteiger partial charge in [-0.25, -0.2) is 14.4 Å². The maximum atomic E-state index is 14.2. The van der Waals surface area contributed by atoms with Crippen molar-refractivity contribution in [2.45, 2.75) is 86.0 Å². The molecule has 2 unspecified atom stereocenters. The smallest absolute Gasteiger partial charge is 0.213 e. The average Bonchev–Trinajstić information content (AvgIpc) is 3.34. The van der Waals surface area contributed by atoms with Crippen molar-refractivity contribution in [2.75, 3.05) is 20.3 Å². The van der Waals surface area contributed by atoms with Gasteiger partial charge in [0.15, 0.2) is 0 Å². The highest BCUT2D eigenvalue weighted by Crippen LogP contribution is 2.32. The van der Waals surface area contributed by atoms with Crippen molar-refractivity contribution >= 4 is 17.3 Å². The Kier molecular flexibility index (Phi) is 13.3. The molecule has 2 atom stereocenters. The summed E-state index contributed by atoms with van der Waals surface area (Å²) in [7, 11) is 1.74. The molecule has 232 valence electrons. The van der Waals surface area contributed by atoms with Gasteiger partial charge in [-0.2, -0.15) is 0 Å². The van der Waals surface area contributed by atoms with Gasteiger partial charge in [-0.1, -0.05) is 38.1 Å². The number of imidazole rings is 1. The van der Waals surface area contributed by atoms with Crippen LogP contribution in [0.4, 0.5) is 4.39 Å². The minimum atomic E-state index is -0.242. The Morgan fingerprint density at radius 2 is 1.77 bits per heavy atom. The zero-order valence-electron chi connectivity index (χ0n) is 26.8. The van der Waals surface area contributed by atoms with Crippen LogP contribution in [0.3, 0.4) is 0 Å². The maximum Gasteiger partial charge on any atom is 0.213 e. The molecule has 0 amide bonds. The Labute approximate surface area is 256 Å². The summed E-state index contributed by atoms with van der Waals surface area (Å²) >= 11 is 0. The number of methoxy groups -OCH3 is 1. The number of fused-ring (bicyclic) bond motifs is 1. The third kappa shape index (κ3) is 9.18. The molecule has 1 aliphatic heterocycles. The predicted octanol–water partition coefficient (Wildman–Crippen LogP) is 7.41. The van der Waals surface area contributed by atoms with Gasteiger partial charge in [0.25, 0.3) is 0 Å². The summed E-state index contributed by atoms with van der Waals surface area (Å²) in [5, 5.41) is 0. The lowest BCUT2D eigenvalue weighted by atomic mass is 9.88. The number of likely N-dealkylation sites (tertiary alicyclic amines) is 1. The van der Waals surface area contributed by atoms with Crippen molar-refractivity contribution < 1.29 is 18.7 Å². The molecule has 7 nitrogen and oxygen atoms in total. The summed E-state index contributed by atoms with van der Waals surface area (Å²) in [5.41, 5.74) is 5.92. The molecular weight excluding hydrogens is 543 g/mol. The van der Waals surface area contributed by atoms with Crippen LogP contribution >= 0.6 is 0 Å². The number of rotatable bonds is 9. The third-order valence-corrected chi connectivity index (χ3v) is 7.61. The van der Waals surface area contributed by atoms with Crippen LogP contribution in [0.2, 0.25) is 0 Å². The number of carbonyl (C=O) groups excluding carboxylic acids is 1. The molecule has 5 rings (SSSR count). The zero-order chi connectivity index (χ0) is 31.4. The number of hydrogen-bond acceptors (Lipinski definition) is 6. The highest BCUT2D eigenvalue weighted by molar-refractivity contribution is 5.76. The first-order chi connectivity index (χ1) is 20.8. The number of pyridine rings is 1. The summed E-state index contributed by atoms with van der Waals surface area (Å²) in [5.74, 6) is 1.74. The van der Waals surface area contributed by atoms with E-state index in [9.17, 15) is 4.39 Å². The van der Waals surface area contributed by atoms with Gasteiger partial charge in [0.1, 0.15) is 24.5 Å². The van der Waals surface area contributed by atoms with Crippen molar-refractivity contribution in [3.63, 3.8) is 0 Å². The third-order valence-electron chi connectivity index (χ3n) is 7.61. The minimum absolute atomic E-state index is 0.168. The topological polar surface area (TPSA) is 69.5 Å². The first kappa shape index (κ1) is 33.9. The lowest BCUT2D eigenvalue weighted by Crippen LogP contribution is -2.40. The summed E-state index contributed by atoms with van der Waals surface area (Å²) < 4.78 is 27.8. The standard InChI is InChI=1S/C31H37FN4O2.C2H4O.C2H6/c1-21-8-10-25(26(32)16-21)20-38-31-7-5-6-27(34-31)24-12-13-35(23(3)18-24)19-30-33-28-11-9-22(2)17-29(28)36(30)14-15-37-4;1-2-3;1-2/h5-11,16-17,23-24H,12-15,18-20H2,1-4H3;2H,1H3;1-2H3. The number of piperidine rings is 1. The van der Waals surface area contributed by atoms with Gasteiger partial charge >= 0.3 is 0 Å². The number of carbonyl (C=O) groups is 1. The fourth-order valence-electron chi connectivity index (χ4n) is 5.40. The van der Waals surface area contributed by atoms with E-state index < -0.39 is 0 Å². The number of halogens is 1. The van der Waals surface area contributed by atoms with Crippen LogP contribution in [-0.2, 0) is 29.2 Å². The fourth-order valence-corrected chi connectivity index (χ4v) is 5.40. The summed E-state index contributed by atoms with van der Waals surface area (Å²) in [6, 6.07) is 18.0. The molecule has 0 spiro atoms. The van der Waals surface area contributed by atoms with Crippen molar-refractivity contribution in [1.82, 2.24) is 19.4 Å². The molecule has 2 aromatic carbocycles. The molecular formula is C35H47FN4O3. The molecule has 1 saturated heterocycles. The van der Waals surface area contributed by atoms with Crippen molar-refractivity contribution in [3.05, 3.63) is 88.6 Å². The molecule has 2 aromatic heterocycles. The van der Waals surface area contributed by atoms with Crippen LogP contribution in [-0.4, -0.2) is 52.0 Å². The van der Waals surface area contributed by atoms with E-state index in [1.54, 1.807) is 13.2 Å². The van der Waals surface area contributed by atoms with E-state index in [0.29, 0.717) is 30.0 Å². The molecule has 0 aliphatic carbocycles. The Balaban J connectivity index is 0.000000953. The van der Waals surface area contributed by atoms with Gasteiger partial charge in [0, 0.05) is 42.9 Å². The SMILES string of the molecule is CC.CC=O.COCCn1c(CN2CCC(c3cccc(OCc4ccc(C)cc4F)n3)CC2C)nc2ccc(C)cc21. The number of ether oxygens (including phenoxy) is 2. The monoisotopic (exact) mass is 590 g/mol. The number of aldehydes is 1. The summed E-state index contributed by atoms with van der Waals surface area (Å²) in [6.07, 6.45) is 2.78. The van der Waals surface area contributed by atoms with Gasteiger partial charge in [-0.15, -0.1) is 0 Å². The normalized spacial score (nSPS) is 16.6. The number of aryl methyl sites for hydroxylation is 2. The van der Waals surface area contributed by atoms with Crippen LogP contribution in [0.25, 0.3) is 11.0 Å². The van der Waals surface area contributed by atoms with E-state index >= 15 is 0 Å².